The number of hydrogen-bond acceptors (Lipinski definition) is 3. The van der Waals surface area contributed by atoms with E-state index in [9.17, 15) is 9.59 Å². The minimum Gasteiger partial charge on any atom is -0.306 e. The van der Waals surface area contributed by atoms with Crippen LogP contribution >= 0.6 is 0 Å². The van der Waals surface area contributed by atoms with Gasteiger partial charge < -0.3 is 4.90 Å². The summed E-state index contributed by atoms with van der Waals surface area (Å²) >= 11 is 0. The van der Waals surface area contributed by atoms with Gasteiger partial charge in [-0.25, -0.2) is 9.48 Å². The molecule has 4 aromatic rings. The molecule has 0 bridgehead atoms. The van der Waals surface area contributed by atoms with Gasteiger partial charge in [-0.2, -0.15) is 0 Å². The van der Waals surface area contributed by atoms with E-state index in [0.29, 0.717) is 12.2 Å². The molecule has 6 nitrogen and oxygen atoms in total. The molecule has 0 aliphatic rings. The van der Waals surface area contributed by atoms with E-state index >= 15 is 0 Å². The maximum Gasteiger partial charge on any atom is 0.350 e. The number of carbonyl (C=O) groups is 1. The highest BCUT2D eigenvalue weighted by Gasteiger charge is 2.19. The van der Waals surface area contributed by atoms with Gasteiger partial charge in [-0.1, -0.05) is 54.6 Å². The van der Waals surface area contributed by atoms with Crippen LogP contribution in [0.1, 0.15) is 5.56 Å². The van der Waals surface area contributed by atoms with Crippen LogP contribution in [-0.2, 0) is 17.9 Å². The summed E-state index contributed by atoms with van der Waals surface area (Å²) in [6, 6.07) is 24.5. The Bertz CT molecular complexity index is 1120. The predicted molar refractivity (Wildman–Crippen MR) is 104 cm³/mol. The Morgan fingerprint density at radius 2 is 1.56 bits per heavy atom. The van der Waals surface area contributed by atoms with Gasteiger partial charge in [-0.15, -0.1) is 5.10 Å². The lowest BCUT2D eigenvalue weighted by Crippen LogP contribution is -2.36. The fourth-order valence-electron chi connectivity index (χ4n) is 2.98. The van der Waals surface area contributed by atoms with Crippen LogP contribution in [-0.4, -0.2) is 20.1 Å². The van der Waals surface area contributed by atoms with Crippen molar-refractivity contribution in [1.29, 1.82) is 0 Å². The number of amides is 1. The molecule has 0 N–H and O–H groups in total. The summed E-state index contributed by atoms with van der Waals surface area (Å²) in [6.07, 6.45) is 1.64. The minimum atomic E-state index is -0.327. The van der Waals surface area contributed by atoms with E-state index in [4.69, 9.17) is 0 Å². The second-order valence-electron chi connectivity index (χ2n) is 6.17. The van der Waals surface area contributed by atoms with Crippen molar-refractivity contribution in [3.05, 3.63) is 101 Å². The standard InChI is InChI=1S/C21H18N4O2/c26-20(16-25-21(27)23-14-8-7-13-19(23)22-25)24(18-11-5-2-6-12-18)15-17-9-3-1-4-10-17/h1-14H,15-16H2. The third kappa shape index (κ3) is 3.50. The number of para-hydroxylation sites is 1. The first-order valence-electron chi connectivity index (χ1n) is 8.66. The van der Waals surface area contributed by atoms with Crippen molar-refractivity contribution in [2.45, 2.75) is 13.1 Å². The zero-order valence-corrected chi connectivity index (χ0v) is 14.6. The molecular formula is C21H18N4O2. The molecule has 4 rings (SSSR count). The second kappa shape index (κ2) is 7.29. The average molecular weight is 358 g/mol. The maximum atomic E-state index is 13.1. The maximum absolute atomic E-state index is 13.1. The van der Waals surface area contributed by atoms with Crippen molar-refractivity contribution in [1.82, 2.24) is 14.2 Å². The highest BCUT2D eigenvalue weighted by Crippen LogP contribution is 2.17. The summed E-state index contributed by atoms with van der Waals surface area (Å²) in [7, 11) is 0. The summed E-state index contributed by atoms with van der Waals surface area (Å²) in [5.74, 6) is -0.199. The third-order valence-electron chi connectivity index (χ3n) is 4.33. The fraction of sp³-hybridized carbons (Fsp3) is 0.0952. The van der Waals surface area contributed by atoms with Crippen LogP contribution in [0.25, 0.3) is 5.65 Å². The molecule has 1 amide bonds. The molecule has 2 heterocycles. The Labute approximate surface area is 155 Å². The summed E-state index contributed by atoms with van der Waals surface area (Å²) in [5, 5.41) is 4.25. The van der Waals surface area contributed by atoms with Crippen LogP contribution < -0.4 is 10.6 Å². The molecule has 0 saturated heterocycles. The van der Waals surface area contributed by atoms with Gasteiger partial charge in [0.05, 0.1) is 6.54 Å². The number of fused-ring (bicyclic) bond motifs is 1. The highest BCUT2D eigenvalue weighted by atomic mass is 16.2. The largest absolute Gasteiger partial charge is 0.350 e. The Kier molecular flexibility index (Phi) is 4.53. The Morgan fingerprint density at radius 3 is 2.26 bits per heavy atom. The molecule has 0 aliphatic carbocycles. The van der Waals surface area contributed by atoms with E-state index in [1.807, 2.05) is 60.7 Å². The fourth-order valence-corrected chi connectivity index (χ4v) is 2.98. The van der Waals surface area contributed by atoms with E-state index in [-0.39, 0.29) is 18.1 Å². The normalized spacial score (nSPS) is 10.8. The van der Waals surface area contributed by atoms with Gasteiger partial charge in [0.25, 0.3) is 0 Å². The monoisotopic (exact) mass is 358 g/mol. The lowest BCUT2D eigenvalue weighted by molar-refractivity contribution is -0.119. The summed E-state index contributed by atoms with van der Waals surface area (Å²) < 4.78 is 2.63. The van der Waals surface area contributed by atoms with Gasteiger partial charge in [-0.05, 0) is 29.8 Å². The van der Waals surface area contributed by atoms with Crippen LogP contribution in [0.2, 0.25) is 0 Å². The van der Waals surface area contributed by atoms with Gasteiger partial charge >= 0.3 is 5.69 Å². The number of hydrogen-bond donors (Lipinski definition) is 0. The quantitative estimate of drug-likeness (QED) is 0.551. The number of anilines is 1. The topological polar surface area (TPSA) is 59.6 Å². The number of carbonyl (C=O) groups excluding carboxylic acids is 1. The molecule has 27 heavy (non-hydrogen) atoms. The Hall–Kier alpha value is -3.67. The molecule has 6 heteroatoms. The lowest BCUT2D eigenvalue weighted by Gasteiger charge is -2.23. The first kappa shape index (κ1) is 16.8. The van der Waals surface area contributed by atoms with E-state index in [2.05, 4.69) is 5.10 Å². The van der Waals surface area contributed by atoms with Crippen molar-refractivity contribution in [3.63, 3.8) is 0 Å². The summed E-state index contributed by atoms with van der Waals surface area (Å²) in [6.45, 7) is 0.300. The zero-order chi connectivity index (χ0) is 18.6. The molecule has 0 saturated carbocycles. The number of nitrogens with zero attached hydrogens (tertiary/aromatic N) is 4. The van der Waals surface area contributed by atoms with Gasteiger partial charge in [0, 0.05) is 11.9 Å². The van der Waals surface area contributed by atoms with E-state index in [0.717, 1.165) is 11.3 Å². The van der Waals surface area contributed by atoms with Crippen molar-refractivity contribution >= 4 is 17.2 Å². The molecular weight excluding hydrogens is 340 g/mol. The molecule has 2 aromatic heterocycles. The van der Waals surface area contributed by atoms with Gasteiger partial charge in [0.2, 0.25) is 5.91 Å². The zero-order valence-electron chi connectivity index (χ0n) is 14.6. The SMILES string of the molecule is O=C(Cn1nc2ccccn2c1=O)N(Cc1ccccc1)c1ccccc1. The van der Waals surface area contributed by atoms with Crippen LogP contribution in [0.15, 0.2) is 89.9 Å². The van der Waals surface area contributed by atoms with Crippen LogP contribution in [0.5, 0.6) is 0 Å². The van der Waals surface area contributed by atoms with Gasteiger partial charge in [-0.3, -0.25) is 9.20 Å². The summed E-state index contributed by atoms with van der Waals surface area (Å²) in [4.78, 5) is 27.2. The third-order valence-corrected chi connectivity index (χ3v) is 4.33. The Morgan fingerprint density at radius 1 is 0.889 bits per heavy atom. The molecule has 0 unspecified atom stereocenters. The first-order chi connectivity index (χ1) is 13.2. The van der Waals surface area contributed by atoms with Crippen molar-refractivity contribution < 1.29 is 4.79 Å². The Balaban J connectivity index is 1.65. The molecule has 0 spiro atoms. The van der Waals surface area contributed by atoms with E-state index in [1.165, 1.54) is 9.08 Å². The predicted octanol–water partition coefficient (Wildman–Crippen LogP) is 2.73. The van der Waals surface area contributed by atoms with Crippen LogP contribution in [0.3, 0.4) is 0 Å². The minimum absolute atomic E-state index is 0.123. The number of aromatic nitrogens is 3. The molecule has 0 radical (unpaired) electrons. The number of rotatable bonds is 5. The van der Waals surface area contributed by atoms with Gasteiger partial charge in [0.15, 0.2) is 5.65 Å². The summed E-state index contributed by atoms with van der Waals surface area (Å²) in [5.41, 5.74) is 1.98. The van der Waals surface area contributed by atoms with E-state index < -0.39 is 0 Å². The number of pyridine rings is 1. The van der Waals surface area contributed by atoms with Crippen molar-refractivity contribution in [3.8, 4) is 0 Å². The molecule has 0 fully saturated rings. The first-order valence-corrected chi connectivity index (χ1v) is 8.66. The smallest absolute Gasteiger partial charge is 0.306 e. The second-order valence-corrected chi connectivity index (χ2v) is 6.17. The van der Waals surface area contributed by atoms with Crippen molar-refractivity contribution in [2.24, 2.45) is 0 Å². The molecule has 2 aromatic carbocycles. The van der Waals surface area contributed by atoms with Gasteiger partial charge in [0.1, 0.15) is 6.54 Å². The van der Waals surface area contributed by atoms with Crippen LogP contribution in [0, 0.1) is 0 Å². The average Bonchev–Trinajstić information content (AvgIpc) is 3.03. The van der Waals surface area contributed by atoms with Crippen molar-refractivity contribution in [2.75, 3.05) is 4.90 Å². The molecule has 134 valence electrons. The molecule has 0 atom stereocenters. The van der Waals surface area contributed by atoms with E-state index in [1.54, 1.807) is 29.3 Å². The highest BCUT2D eigenvalue weighted by molar-refractivity contribution is 5.93. The number of benzene rings is 2. The lowest BCUT2D eigenvalue weighted by atomic mass is 10.2. The molecule has 0 aliphatic heterocycles. The van der Waals surface area contributed by atoms with Crippen LogP contribution in [0.4, 0.5) is 5.69 Å².